The van der Waals surface area contributed by atoms with Crippen LogP contribution in [0.5, 0.6) is 5.88 Å². The van der Waals surface area contributed by atoms with Crippen LogP contribution in [-0.2, 0) is 11.3 Å². The number of nitrogens with one attached hydrogen (secondary N) is 1. The molecule has 1 saturated heterocycles. The Balaban J connectivity index is 1.75. The van der Waals surface area contributed by atoms with E-state index in [1.54, 1.807) is 0 Å². The summed E-state index contributed by atoms with van der Waals surface area (Å²) >= 11 is 0. The average Bonchev–Trinajstić information content (AvgIpc) is 3.24. The highest BCUT2D eigenvalue weighted by atomic mass is 19.1. The number of carbonyl (C=O) groups is 2. The van der Waals surface area contributed by atoms with Crippen molar-refractivity contribution in [2.45, 2.75) is 51.9 Å². The summed E-state index contributed by atoms with van der Waals surface area (Å²) in [6, 6.07) is 0.0252. The van der Waals surface area contributed by atoms with Gasteiger partial charge in [-0.2, -0.15) is 9.61 Å². The number of fused-ring (bicyclic) bond motifs is 1. The molecule has 1 aliphatic heterocycles. The monoisotopic (exact) mass is 431 g/mol. The summed E-state index contributed by atoms with van der Waals surface area (Å²) in [4.78, 5) is 39.5. The SMILES string of the molecule is CC(C)Cn1c(=O)c(C(=O)NC2CC2)c(O)n2ncc(/C=C/C(=O)N3CC[C@H](F)C3)c12. The number of likely N-dealkylation sites (tertiary alicyclic amines) is 1. The van der Waals surface area contributed by atoms with E-state index in [4.69, 9.17) is 0 Å². The largest absolute Gasteiger partial charge is 0.492 e. The Kier molecular flexibility index (Phi) is 5.55. The first kappa shape index (κ1) is 21.1. The van der Waals surface area contributed by atoms with Gasteiger partial charge in [0.2, 0.25) is 11.8 Å². The maximum absolute atomic E-state index is 13.4. The normalized spacial score (nSPS) is 19.1. The second-order valence-corrected chi connectivity index (χ2v) is 8.59. The Morgan fingerprint density at radius 1 is 1.35 bits per heavy atom. The van der Waals surface area contributed by atoms with E-state index in [0.717, 1.165) is 17.4 Å². The number of aromatic nitrogens is 3. The van der Waals surface area contributed by atoms with Crippen molar-refractivity contribution in [3.63, 3.8) is 0 Å². The molecule has 2 aromatic rings. The predicted molar refractivity (Wildman–Crippen MR) is 112 cm³/mol. The summed E-state index contributed by atoms with van der Waals surface area (Å²) in [5.74, 6) is -1.42. The number of carbonyl (C=O) groups excluding carboxylic acids is 2. The molecule has 3 heterocycles. The van der Waals surface area contributed by atoms with Gasteiger partial charge in [-0.1, -0.05) is 13.8 Å². The van der Waals surface area contributed by atoms with Crippen LogP contribution in [0.2, 0.25) is 0 Å². The van der Waals surface area contributed by atoms with Crippen LogP contribution in [-0.4, -0.2) is 61.3 Å². The number of alkyl halides is 1. The van der Waals surface area contributed by atoms with Crippen LogP contribution in [0.25, 0.3) is 11.7 Å². The molecule has 4 rings (SSSR count). The van der Waals surface area contributed by atoms with Crippen molar-refractivity contribution in [2.75, 3.05) is 13.1 Å². The van der Waals surface area contributed by atoms with Crippen molar-refractivity contribution < 1.29 is 19.1 Å². The van der Waals surface area contributed by atoms with Crippen LogP contribution in [0.4, 0.5) is 4.39 Å². The van der Waals surface area contributed by atoms with E-state index in [2.05, 4.69) is 10.4 Å². The van der Waals surface area contributed by atoms with Crippen LogP contribution in [0.1, 0.15) is 49.0 Å². The molecule has 2 fully saturated rings. The summed E-state index contributed by atoms with van der Waals surface area (Å²) in [5.41, 5.74) is -0.237. The van der Waals surface area contributed by atoms with E-state index in [-0.39, 0.29) is 35.6 Å². The van der Waals surface area contributed by atoms with Crippen LogP contribution in [0.3, 0.4) is 0 Å². The van der Waals surface area contributed by atoms with Crippen LogP contribution in [0.15, 0.2) is 17.1 Å². The minimum absolute atomic E-state index is 0.0252. The molecule has 0 unspecified atom stereocenters. The lowest BCUT2D eigenvalue weighted by atomic mass is 10.2. The van der Waals surface area contributed by atoms with Crippen molar-refractivity contribution in [2.24, 2.45) is 5.92 Å². The Morgan fingerprint density at radius 3 is 2.71 bits per heavy atom. The molecule has 2 amide bonds. The van der Waals surface area contributed by atoms with E-state index in [1.165, 1.54) is 27.8 Å². The second-order valence-electron chi connectivity index (χ2n) is 8.59. The van der Waals surface area contributed by atoms with Gasteiger partial charge in [0.05, 0.1) is 12.7 Å². The molecule has 0 radical (unpaired) electrons. The third-order valence-corrected chi connectivity index (χ3v) is 5.45. The molecule has 0 bridgehead atoms. The molecule has 2 aromatic heterocycles. The van der Waals surface area contributed by atoms with Crippen molar-refractivity contribution in [3.05, 3.63) is 33.8 Å². The highest BCUT2D eigenvalue weighted by Gasteiger charge is 2.30. The standard InChI is InChI=1S/C21H26FN5O4/c1-12(2)10-26-19-13(3-6-16(28)25-8-7-14(22)11-25)9-23-27(19)21(31)17(20(26)30)18(29)24-15-4-5-15/h3,6,9,12,14-15,31H,4-5,7-8,10-11H2,1-2H3,(H,24,29)/b6-3+/t14-/m0/s1. The quantitative estimate of drug-likeness (QED) is 0.671. The molecule has 2 N–H and O–H groups in total. The van der Waals surface area contributed by atoms with Crippen LogP contribution in [0, 0.1) is 5.92 Å². The minimum atomic E-state index is -1.01. The third kappa shape index (κ3) is 4.19. The summed E-state index contributed by atoms with van der Waals surface area (Å²) in [7, 11) is 0. The molecule has 2 aliphatic rings. The lowest BCUT2D eigenvalue weighted by molar-refractivity contribution is -0.125. The maximum atomic E-state index is 13.4. The average molecular weight is 431 g/mol. The summed E-state index contributed by atoms with van der Waals surface area (Å²) < 4.78 is 15.9. The minimum Gasteiger partial charge on any atom is -0.492 e. The second kappa shape index (κ2) is 8.16. The molecular weight excluding hydrogens is 405 g/mol. The summed E-state index contributed by atoms with van der Waals surface area (Å²) in [5, 5.41) is 17.5. The van der Waals surface area contributed by atoms with Gasteiger partial charge >= 0.3 is 0 Å². The molecule has 31 heavy (non-hydrogen) atoms. The molecule has 1 atom stereocenters. The van der Waals surface area contributed by atoms with Gasteiger partial charge in [0, 0.05) is 30.8 Å². The number of amides is 2. The molecule has 166 valence electrons. The van der Waals surface area contributed by atoms with Gasteiger partial charge < -0.3 is 15.3 Å². The molecule has 10 heteroatoms. The van der Waals surface area contributed by atoms with Crippen molar-refractivity contribution >= 4 is 23.5 Å². The molecule has 1 aliphatic carbocycles. The van der Waals surface area contributed by atoms with Gasteiger partial charge in [0.25, 0.3) is 11.5 Å². The van der Waals surface area contributed by atoms with Crippen molar-refractivity contribution in [1.29, 1.82) is 0 Å². The summed E-state index contributed by atoms with van der Waals surface area (Å²) in [6.45, 7) is 4.57. The Labute approximate surface area is 178 Å². The van der Waals surface area contributed by atoms with Crippen LogP contribution < -0.4 is 10.9 Å². The van der Waals surface area contributed by atoms with E-state index >= 15 is 0 Å². The van der Waals surface area contributed by atoms with Gasteiger partial charge in [-0.3, -0.25) is 19.0 Å². The first-order chi connectivity index (χ1) is 14.8. The first-order valence-corrected chi connectivity index (χ1v) is 10.5. The zero-order valence-electron chi connectivity index (χ0n) is 17.5. The Hall–Kier alpha value is -3.17. The zero-order valence-corrected chi connectivity index (χ0v) is 17.5. The van der Waals surface area contributed by atoms with Gasteiger partial charge in [-0.15, -0.1) is 0 Å². The number of nitrogens with zero attached hydrogens (tertiary/aromatic N) is 4. The number of hydrogen-bond donors (Lipinski definition) is 2. The first-order valence-electron chi connectivity index (χ1n) is 10.5. The number of halogens is 1. The number of rotatable bonds is 6. The molecule has 0 aromatic carbocycles. The van der Waals surface area contributed by atoms with E-state index in [0.29, 0.717) is 25.1 Å². The molecule has 0 spiro atoms. The maximum Gasteiger partial charge on any atom is 0.270 e. The van der Waals surface area contributed by atoms with E-state index < -0.39 is 23.5 Å². The van der Waals surface area contributed by atoms with Crippen molar-refractivity contribution in [3.8, 4) is 5.88 Å². The van der Waals surface area contributed by atoms with Crippen molar-refractivity contribution in [1.82, 2.24) is 24.4 Å². The molecular formula is C21H26FN5O4. The van der Waals surface area contributed by atoms with E-state index in [1.807, 2.05) is 13.8 Å². The fraction of sp³-hybridized carbons (Fsp3) is 0.524. The Morgan fingerprint density at radius 2 is 2.10 bits per heavy atom. The third-order valence-electron chi connectivity index (χ3n) is 5.45. The smallest absolute Gasteiger partial charge is 0.270 e. The van der Waals surface area contributed by atoms with Gasteiger partial charge in [0.15, 0.2) is 5.56 Å². The fourth-order valence-corrected chi connectivity index (χ4v) is 3.73. The van der Waals surface area contributed by atoms with Gasteiger partial charge in [-0.05, 0) is 31.3 Å². The molecule has 9 nitrogen and oxygen atoms in total. The molecule has 1 saturated carbocycles. The lowest BCUT2D eigenvalue weighted by Gasteiger charge is -2.15. The topological polar surface area (TPSA) is 109 Å². The van der Waals surface area contributed by atoms with Gasteiger partial charge in [-0.25, -0.2) is 4.39 Å². The fourth-order valence-electron chi connectivity index (χ4n) is 3.73. The van der Waals surface area contributed by atoms with Crippen LogP contribution >= 0.6 is 0 Å². The van der Waals surface area contributed by atoms with E-state index in [9.17, 15) is 23.9 Å². The highest BCUT2D eigenvalue weighted by molar-refractivity contribution is 5.97. The number of hydrogen-bond acceptors (Lipinski definition) is 5. The Bertz CT molecular complexity index is 1120. The number of aromatic hydroxyl groups is 1. The highest BCUT2D eigenvalue weighted by Crippen LogP contribution is 2.23. The zero-order chi connectivity index (χ0) is 22.3. The van der Waals surface area contributed by atoms with Gasteiger partial charge in [0.1, 0.15) is 11.8 Å². The lowest BCUT2D eigenvalue weighted by Crippen LogP contribution is -2.36. The predicted octanol–water partition coefficient (Wildman–Crippen LogP) is 1.33. The summed E-state index contributed by atoms with van der Waals surface area (Å²) in [6.07, 6.45) is 5.23.